The van der Waals surface area contributed by atoms with Crippen molar-refractivity contribution >= 4 is 10.9 Å². The van der Waals surface area contributed by atoms with Crippen LogP contribution >= 0.6 is 0 Å². The molecule has 0 amide bonds. The number of aromatic nitrogens is 3. The Hall–Kier alpha value is -2.43. The van der Waals surface area contributed by atoms with Crippen molar-refractivity contribution < 1.29 is 5.11 Å². The van der Waals surface area contributed by atoms with Gasteiger partial charge in [-0.2, -0.15) is 0 Å². The molecule has 0 bridgehead atoms. The Morgan fingerprint density at radius 3 is 2.76 bits per heavy atom. The fraction of sp³-hybridized carbons (Fsp3) is 0.0833. The quantitative estimate of drug-likeness (QED) is 0.592. The second-order valence-electron chi connectivity index (χ2n) is 3.95. The molecule has 0 atom stereocenters. The van der Waals surface area contributed by atoms with Gasteiger partial charge >= 0.3 is 0 Å². The van der Waals surface area contributed by atoms with E-state index >= 15 is 0 Å². The lowest BCUT2D eigenvalue weighted by atomic mass is 10.1. The Morgan fingerprint density at radius 2 is 2.06 bits per heavy atom. The Bertz CT molecular complexity index is 749. The molecule has 0 saturated heterocycles. The molecule has 0 unspecified atom stereocenters. The van der Waals surface area contributed by atoms with Gasteiger partial charge in [-0.15, -0.1) is 0 Å². The summed E-state index contributed by atoms with van der Waals surface area (Å²) in [7, 11) is 1.59. The molecule has 2 aromatic heterocycles. The summed E-state index contributed by atoms with van der Waals surface area (Å²) in [6.45, 7) is 0. The van der Waals surface area contributed by atoms with Gasteiger partial charge in [0.15, 0.2) is 0 Å². The summed E-state index contributed by atoms with van der Waals surface area (Å²) < 4.78 is 1.30. The van der Waals surface area contributed by atoms with Gasteiger partial charge < -0.3 is 10.1 Å². The molecule has 86 valence electrons. The van der Waals surface area contributed by atoms with Crippen molar-refractivity contribution in [2.45, 2.75) is 0 Å². The third-order valence-corrected chi connectivity index (χ3v) is 2.90. The van der Waals surface area contributed by atoms with Crippen LogP contribution in [0.2, 0.25) is 0 Å². The van der Waals surface area contributed by atoms with Gasteiger partial charge in [0.25, 0.3) is 5.56 Å². The van der Waals surface area contributed by atoms with E-state index < -0.39 is 0 Å². The number of aromatic amines is 2. The Balaban J connectivity index is 2.39. The van der Waals surface area contributed by atoms with Crippen LogP contribution in [-0.2, 0) is 7.05 Å². The van der Waals surface area contributed by atoms with E-state index in [4.69, 9.17) is 0 Å². The third kappa shape index (κ3) is 1.29. The van der Waals surface area contributed by atoms with Gasteiger partial charge in [0.1, 0.15) is 5.56 Å². The predicted molar refractivity (Wildman–Crippen MR) is 65.0 cm³/mol. The number of aromatic hydroxyl groups is 1. The van der Waals surface area contributed by atoms with E-state index in [0.29, 0.717) is 11.1 Å². The van der Waals surface area contributed by atoms with Gasteiger partial charge in [0.05, 0.1) is 0 Å². The largest absolute Gasteiger partial charge is 0.493 e. The van der Waals surface area contributed by atoms with E-state index in [1.165, 1.54) is 4.68 Å². The van der Waals surface area contributed by atoms with Crippen LogP contribution in [0, 0.1) is 0 Å². The van der Waals surface area contributed by atoms with E-state index in [2.05, 4.69) is 10.1 Å². The lowest BCUT2D eigenvalue weighted by molar-refractivity contribution is 0.420. The van der Waals surface area contributed by atoms with Gasteiger partial charge in [-0.1, -0.05) is 18.2 Å². The fourth-order valence-corrected chi connectivity index (χ4v) is 2.05. The number of para-hydroxylation sites is 1. The number of nitrogens with one attached hydrogen (secondary N) is 2. The minimum absolute atomic E-state index is 0.0558. The first-order valence-corrected chi connectivity index (χ1v) is 5.23. The zero-order valence-electron chi connectivity index (χ0n) is 9.19. The molecule has 1 aromatic carbocycles. The molecular formula is C12H11N3O2. The summed E-state index contributed by atoms with van der Waals surface area (Å²) in [6.07, 6.45) is 1.73. The molecule has 3 N–H and O–H groups in total. The van der Waals surface area contributed by atoms with Gasteiger partial charge in [0, 0.05) is 29.7 Å². The minimum Gasteiger partial charge on any atom is -0.493 e. The van der Waals surface area contributed by atoms with Crippen LogP contribution in [-0.4, -0.2) is 19.9 Å². The summed E-state index contributed by atoms with van der Waals surface area (Å²) in [5.74, 6) is -0.0558. The molecule has 0 aliphatic heterocycles. The van der Waals surface area contributed by atoms with Crippen LogP contribution < -0.4 is 5.56 Å². The monoisotopic (exact) mass is 229 g/mol. The van der Waals surface area contributed by atoms with E-state index in [-0.39, 0.29) is 11.4 Å². The standard InChI is InChI=1S/C12H11N3O2/c1-15-12(17)10(11(16)14-15)8-6-13-9-5-3-2-4-7(8)9/h2-6,13,17H,1H3,(H,14,16). The summed E-state index contributed by atoms with van der Waals surface area (Å²) in [4.78, 5) is 14.8. The molecule has 0 aliphatic rings. The van der Waals surface area contributed by atoms with Crippen LogP contribution in [0.15, 0.2) is 35.3 Å². The number of nitrogens with zero attached hydrogens (tertiary/aromatic N) is 1. The molecular weight excluding hydrogens is 218 g/mol. The Labute approximate surface area is 96.3 Å². The third-order valence-electron chi connectivity index (χ3n) is 2.90. The average molecular weight is 229 g/mol. The van der Waals surface area contributed by atoms with E-state index in [1.54, 1.807) is 13.2 Å². The molecule has 5 heteroatoms. The lowest BCUT2D eigenvalue weighted by Gasteiger charge is -1.96. The van der Waals surface area contributed by atoms with Gasteiger partial charge in [0.2, 0.25) is 5.88 Å². The molecule has 0 spiro atoms. The van der Waals surface area contributed by atoms with Crippen LogP contribution in [0.1, 0.15) is 0 Å². The molecule has 17 heavy (non-hydrogen) atoms. The molecule has 0 aliphatic carbocycles. The highest BCUT2D eigenvalue weighted by Gasteiger charge is 2.17. The number of rotatable bonds is 1. The van der Waals surface area contributed by atoms with Gasteiger partial charge in [-0.25, -0.2) is 0 Å². The zero-order valence-corrected chi connectivity index (χ0v) is 9.19. The summed E-state index contributed by atoms with van der Waals surface area (Å²) in [6, 6.07) is 7.64. The molecule has 0 radical (unpaired) electrons. The summed E-state index contributed by atoms with van der Waals surface area (Å²) in [5.41, 5.74) is 1.64. The molecule has 5 nitrogen and oxygen atoms in total. The maximum absolute atomic E-state index is 11.8. The molecule has 3 aromatic rings. The Morgan fingerprint density at radius 1 is 1.29 bits per heavy atom. The zero-order chi connectivity index (χ0) is 12.0. The van der Waals surface area contributed by atoms with Gasteiger partial charge in [-0.05, 0) is 6.07 Å². The fourth-order valence-electron chi connectivity index (χ4n) is 2.05. The average Bonchev–Trinajstić information content (AvgIpc) is 2.82. The highest BCUT2D eigenvalue weighted by Crippen LogP contribution is 2.31. The SMILES string of the molecule is Cn1[nH]c(=O)c(-c2c[nH]c3ccccc23)c1O. The molecule has 3 rings (SSSR count). The van der Waals surface area contributed by atoms with Crippen LogP contribution in [0.4, 0.5) is 0 Å². The van der Waals surface area contributed by atoms with Crippen molar-refractivity contribution in [1.82, 2.24) is 14.8 Å². The summed E-state index contributed by atoms with van der Waals surface area (Å²) >= 11 is 0. The van der Waals surface area contributed by atoms with Crippen molar-refractivity contribution in [2.24, 2.45) is 7.05 Å². The number of benzene rings is 1. The first kappa shape index (κ1) is 9.77. The van der Waals surface area contributed by atoms with Crippen LogP contribution in [0.25, 0.3) is 22.0 Å². The minimum atomic E-state index is -0.297. The topological polar surface area (TPSA) is 73.8 Å². The smallest absolute Gasteiger partial charge is 0.276 e. The molecule has 0 saturated carbocycles. The second kappa shape index (κ2) is 3.28. The first-order valence-electron chi connectivity index (χ1n) is 5.23. The maximum Gasteiger partial charge on any atom is 0.276 e. The summed E-state index contributed by atoms with van der Waals surface area (Å²) in [5, 5.41) is 13.3. The Kier molecular flexibility index (Phi) is 1.89. The van der Waals surface area contributed by atoms with Crippen molar-refractivity contribution in [3.63, 3.8) is 0 Å². The van der Waals surface area contributed by atoms with E-state index in [1.807, 2.05) is 24.3 Å². The van der Waals surface area contributed by atoms with Crippen molar-refractivity contribution in [1.29, 1.82) is 0 Å². The number of hydrogen-bond acceptors (Lipinski definition) is 2. The number of H-pyrrole nitrogens is 2. The molecule has 0 fully saturated rings. The maximum atomic E-state index is 11.8. The van der Waals surface area contributed by atoms with Gasteiger partial charge in [-0.3, -0.25) is 14.6 Å². The van der Waals surface area contributed by atoms with E-state index in [0.717, 1.165) is 10.9 Å². The number of fused-ring (bicyclic) bond motifs is 1. The van der Waals surface area contributed by atoms with Crippen LogP contribution in [0.5, 0.6) is 5.88 Å². The normalized spacial score (nSPS) is 11.1. The van der Waals surface area contributed by atoms with E-state index in [9.17, 15) is 9.90 Å². The van der Waals surface area contributed by atoms with Crippen molar-refractivity contribution in [3.05, 3.63) is 40.8 Å². The molecule has 2 heterocycles. The first-order chi connectivity index (χ1) is 8.18. The second-order valence-corrected chi connectivity index (χ2v) is 3.95. The van der Waals surface area contributed by atoms with Crippen LogP contribution in [0.3, 0.4) is 0 Å². The van der Waals surface area contributed by atoms with Crippen molar-refractivity contribution in [3.8, 4) is 17.0 Å². The lowest BCUT2D eigenvalue weighted by Crippen LogP contribution is -2.03. The predicted octanol–water partition coefficient (Wildman–Crippen LogP) is 1.57. The number of hydrogen-bond donors (Lipinski definition) is 3. The highest BCUT2D eigenvalue weighted by molar-refractivity contribution is 5.96. The van der Waals surface area contributed by atoms with Crippen molar-refractivity contribution in [2.75, 3.05) is 0 Å². The number of aryl methyl sites for hydroxylation is 1. The highest BCUT2D eigenvalue weighted by atomic mass is 16.3.